The Kier molecular flexibility index (Phi) is 4.63. The van der Waals surface area contributed by atoms with E-state index in [-0.39, 0.29) is 11.6 Å². The Bertz CT molecular complexity index is 353. The summed E-state index contributed by atoms with van der Waals surface area (Å²) in [6, 6.07) is -0.887. The van der Waals surface area contributed by atoms with Gasteiger partial charge in [-0.2, -0.15) is 4.31 Å². The van der Waals surface area contributed by atoms with Crippen LogP contribution in [0.5, 0.6) is 0 Å². The predicted octanol–water partition coefficient (Wildman–Crippen LogP) is 0.822. The fourth-order valence-corrected chi connectivity index (χ4v) is 4.93. The lowest BCUT2D eigenvalue weighted by Gasteiger charge is -2.20. The average Bonchev–Trinajstić information content (AvgIpc) is 2.63. The third kappa shape index (κ3) is 3.36. The summed E-state index contributed by atoms with van der Waals surface area (Å²) in [5.41, 5.74) is 0. The first-order chi connectivity index (χ1) is 7.34. The third-order valence-electron chi connectivity index (χ3n) is 2.44. The second kappa shape index (κ2) is 5.37. The van der Waals surface area contributed by atoms with Crippen molar-refractivity contribution < 1.29 is 18.3 Å². The minimum Gasteiger partial charge on any atom is -0.480 e. The van der Waals surface area contributed by atoms with E-state index in [1.54, 1.807) is 0 Å². The number of carboxylic acid groups (broad SMARTS) is 1. The zero-order valence-corrected chi connectivity index (χ0v) is 11.1. The van der Waals surface area contributed by atoms with Gasteiger partial charge in [0, 0.05) is 5.75 Å². The van der Waals surface area contributed by atoms with E-state index in [4.69, 9.17) is 5.11 Å². The summed E-state index contributed by atoms with van der Waals surface area (Å²) in [5, 5.41) is 8.90. The fraction of sp³-hybridized carbons (Fsp3) is 0.889. The van der Waals surface area contributed by atoms with E-state index >= 15 is 0 Å². The van der Waals surface area contributed by atoms with Crippen LogP contribution in [0.1, 0.15) is 20.3 Å². The summed E-state index contributed by atoms with van der Waals surface area (Å²) in [7, 11) is -3.42. The van der Waals surface area contributed by atoms with Crippen LogP contribution >= 0.6 is 11.8 Å². The topological polar surface area (TPSA) is 74.7 Å². The van der Waals surface area contributed by atoms with Crippen LogP contribution in [0.4, 0.5) is 0 Å². The number of nitrogens with zero attached hydrogens (tertiary/aromatic N) is 1. The highest BCUT2D eigenvalue weighted by Crippen LogP contribution is 2.25. The van der Waals surface area contributed by atoms with Gasteiger partial charge in [-0.3, -0.25) is 4.79 Å². The molecule has 0 amide bonds. The monoisotopic (exact) mass is 267 g/mol. The van der Waals surface area contributed by atoms with Crippen LogP contribution in [-0.4, -0.2) is 47.2 Å². The van der Waals surface area contributed by atoms with E-state index in [1.807, 2.05) is 13.8 Å². The van der Waals surface area contributed by atoms with Crippen molar-refractivity contribution >= 4 is 27.8 Å². The first-order valence-corrected chi connectivity index (χ1v) is 7.91. The minimum atomic E-state index is -3.42. The highest BCUT2D eigenvalue weighted by Gasteiger charge is 2.38. The second-order valence-corrected chi connectivity index (χ2v) is 7.28. The number of hydrogen-bond acceptors (Lipinski definition) is 4. The van der Waals surface area contributed by atoms with Crippen molar-refractivity contribution in [3.8, 4) is 0 Å². The highest BCUT2D eigenvalue weighted by molar-refractivity contribution is 8.00. The van der Waals surface area contributed by atoms with Crippen LogP contribution < -0.4 is 0 Å². The standard InChI is InChI=1S/C9H17NO4S2/c1-7(2)3-4-16(13,14)10-6-15-5-8(10)9(11)12/h7-8H,3-6H2,1-2H3,(H,11,12)/t8-/m0/s1. The van der Waals surface area contributed by atoms with Crippen molar-refractivity contribution in [2.45, 2.75) is 26.3 Å². The van der Waals surface area contributed by atoms with Crippen LogP contribution in [0.3, 0.4) is 0 Å². The lowest BCUT2D eigenvalue weighted by molar-refractivity contribution is -0.140. The molecule has 0 unspecified atom stereocenters. The maximum absolute atomic E-state index is 11.9. The zero-order valence-electron chi connectivity index (χ0n) is 9.42. The summed E-state index contributed by atoms with van der Waals surface area (Å²) in [4.78, 5) is 10.9. The molecule has 5 nitrogen and oxygen atoms in total. The van der Waals surface area contributed by atoms with E-state index in [1.165, 1.54) is 11.8 Å². The Morgan fingerprint density at radius 1 is 1.56 bits per heavy atom. The van der Waals surface area contributed by atoms with E-state index in [0.29, 0.717) is 18.1 Å². The molecule has 1 heterocycles. The molecule has 1 rings (SSSR count). The van der Waals surface area contributed by atoms with Crippen LogP contribution in [-0.2, 0) is 14.8 Å². The van der Waals surface area contributed by atoms with E-state index < -0.39 is 22.0 Å². The largest absolute Gasteiger partial charge is 0.480 e. The molecule has 0 aliphatic carbocycles. The van der Waals surface area contributed by atoms with Gasteiger partial charge in [0.15, 0.2) is 0 Å². The van der Waals surface area contributed by atoms with Gasteiger partial charge < -0.3 is 5.11 Å². The van der Waals surface area contributed by atoms with Crippen LogP contribution in [0.25, 0.3) is 0 Å². The van der Waals surface area contributed by atoms with Gasteiger partial charge in [0.05, 0.1) is 11.6 Å². The second-order valence-electron chi connectivity index (χ2n) is 4.24. The summed E-state index contributed by atoms with van der Waals surface area (Å²) in [6.07, 6.45) is 0.565. The van der Waals surface area contributed by atoms with E-state index in [0.717, 1.165) is 4.31 Å². The first-order valence-electron chi connectivity index (χ1n) is 5.14. The average molecular weight is 267 g/mol. The molecule has 1 aliphatic rings. The smallest absolute Gasteiger partial charge is 0.322 e. The van der Waals surface area contributed by atoms with E-state index in [2.05, 4.69) is 0 Å². The first kappa shape index (κ1) is 13.8. The number of rotatable bonds is 5. The van der Waals surface area contributed by atoms with Gasteiger partial charge in [0.25, 0.3) is 0 Å². The molecule has 94 valence electrons. The third-order valence-corrected chi connectivity index (χ3v) is 5.46. The van der Waals surface area contributed by atoms with Gasteiger partial charge >= 0.3 is 5.97 Å². The van der Waals surface area contributed by atoms with Crippen molar-refractivity contribution in [3.63, 3.8) is 0 Å². The van der Waals surface area contributed by atoms with Gasteiger partial charge in [-0.1, -0.05) is 13.8 Å². The van der Waals surface area contributed by atoms with Crippen LogP contribution in [0.15, 0.2) is 0 Å². The van der Waals surface area contributed by atoms with Crippen LogP contribution in [0, 0.1) is 5.92 Å². The highest BCUT2D eigenvalue weighted by atomic mass is 32.2. The Morgan fingerprint density at radius 3 is 2.69 bits per heavy atom. The maximum atomic E-state index is 11.9. The molecule has 1 atom stereocenters. The molecule has 0 aromatic rings. The Balaban J connectivity index is 2.71. The molecule has 1 N–H and O–H groups in total. The molecule has 1 saturated heterocycles. The Hall–Kier alpha value is -0.270. The van der Waals surface area contributed by atoms with Gasteiger partial charge in [-0.25, -0.2) is 8.42 Å². The van der Waals surface area contributed by atoms with Gasteiger partial charge in [-0.05, 0) is 12.3 Å². The number of hydrogen-bond donors (Lipinski definition) is 1. The van der Waals surface area contributed by atoms with Gasteiger partial charge in [0.1, 0.15) is 6.04 Å². The SMILES string of the molecule is CC(C)CCS(=O)(=O)N1CSC[C@H]1C(=O)O. The summed E-state index contributed by atoms with van der Waals surface area (Å²) < 4.78 is 24.9. The molecule has 0 bridgehead atoms. The number of sulfonamides is 1. The van der Waals surface area contributed by atoms with Crippen molar-refractivity contribution in [2.75, 3.05) is 17.4 Å². The lowest BCUT2D eigenvalue weighted by atomic mass is 10.2. The van der Waals surface area contributed by atoms with E-state index in [9.17, 15) is 13.2 Å². The molecule has 1 aliphatic heterocycles. The molecule has 0 aromatic carbocycles. The summed E-state index contributed by atoms with van der Waals surface area (Å²) in [6.45, 7) is 3.89. The number of carbonyl (C=O) groups is 1. The number of aliphatic carboxylic acids is 1. The molecule has 1 fully saturated rings. The number of thioether (sulfide) groups is 1. The molecular formula is C9H17NO4S2. The van der Waals surface area contributed by atoms with Crippen molar-refractivity contribution in [1.82, 2.24) is 4.31 Å². The lowest BCUT2D eigenvalue weighted by Crippen LogP contribution is -2.42. The van der Waals surface area contributed by atoms with Gasteiger partial charge in [-0.15, -0.1) is 11.8 Å². The fourth-order valence-electron chi connectivity index (χ4n) is 1.40. The maximum Gasteiger partial charge on any atom is 0.322 e. The Morgan fingerprint density at radius 2 is 2.19 bits per heavy atom. The molecule has 0 saturated carbocycles. The predicted molar refractivity (Wildman–Crippen MR) is 63.8 cm³/mol. The molecule has 16 heavy (non-hydrogen) atoms. The Labute approximate surface area is 100 Å². The molecule has 0 aromatic heterocycles. The van der Waals surface area contributed by atoms with Crippen molar-refractivity contribution in [2.24, 2.45) is 5.92 Å². The van der Waals surface area contributed by atoms with Crippen molar-refractivity contribution in [1.29, 1.82) is 0 Å². The molecule has 0 spiro atoms. The summed E-state index contributed by atoms with van der Waals surface area (Å²) >= 11 is 1.35. The number of carboxylic acids is 1. The molecule has 7 heteroatoms. The zero-order chi connectivity index (χ0) is 12.3. The normalized spacial score (nSPS) is 22.8. The van der Waals surface area contributed by atoms with Gasteiger partial charge in [0.2, 0.25) is 10.0 Å². The van der Waals surface area contributed by atoms with Crippen LogP contribution in [0.2, 0.25) is 0 Å². The minimum absolute atomic E-state index is 0.0367. The molecule has 0 radical (unpaired) electrons. The quantitative estimate of drug-likeness (QED) is 0.798. The van der Waals surface area contributed by atoms with Crippen molar-refractivity contribution in [3.05, 3.63) is 0 Å². The molecular weight excluding hydrogens is 250 g/mol. The summed E-state index contributed by atoms with van der Waals surface area (Å²) in [5.74, 6) is -0.116.